The fraction of sp³-hybridized carbons (Fsp3) is 0.769. The molecular formula is C13H23BrN4. The Hall–Kier alpha value is -0.390. The number of halogens is 1. The van der Waals surface area contributed by atoms with Gasteiger partial charge in [0.05, 0.1) is 15.9 Å². The first-order chi connectivity index (χ1) is 8.65. The standard InChI is InChI=1S/C13H23BrN4/c1-3-11-13(14)12(18(2)17-11)8-10(16-15)7-9-5-4-6-9/h9-10,16H,3-8,15H2,1-2H3. The Morgan fingerprint density at radius 2 is 2.28 bits per heavy atom. The van der Waals surface area contributed by atoms with E-state index in [0.717, 1.165) is 28.9 Å². The van der Waals surface area contributed by atoms with Gasteiger partial charge in [-0.05, 0) is 34.7 Å². The van der Waals surface area contributed by atoms with Crippen LogP contribution in [-0.2, 0) is 19.9 Å². The fourth-order valence-electron chi connectivity index (χ4n) is 2.62. The predicted octanol–water partition coefficient (Wildman–Crippen LogP) is 2.31. The third kappa shape index (κ3) is 2.95. The lowest BCUT2D eigenvalue weighted by molar-refractivity contribution is 0.258. The zero-order valence-electron chi connectivity index (χ0n) is 11.2. The molecule has 0 radical (unpaired) electrons. The molecule has 1 aliphatic carbocycles. The predicted molar refractivity (Wildman–Crippen MR) is 77.1 cm³/mol. The summed E-state index contributed by atoms with van der Waals surface area (Å²) in [4.78, 5) is 0. The van der Waals surface area contributed by atoms with Crippen molar-refractivity contribution in [3.05, 3.63) is 15.9 Å². The van der Waals surface area contributed by atoms with Crippen LogP contribution in [-0.4, -0.2) is 15.8 Å². The van der Waals surface area contributed by atoms with Crippen molar-refractivity contribution < 1.29 is 0 Å². The molecule has 18 heavy (non-hydrogen) atoms. The number of nitrogens with one attached hydrogen (secondary N) is 1. The first-order valence-electron chi connectivity index (χ1n) is 6.82. The van der Waals surface area contributed by atoms with E-state index in [2.05, 4.69) is 33.4 Å². The molecule has 1 saturated carbocycles. The lowest BCUT2D eigenvalue weighted by atomic mass is 9.80. The minimum Gasteiger partial charge on any atom is -0.271 e. The number of hydrazine groups is 1. The van der Waals surface area contributed by atoms with Crippen LogP contribution in [0.1, 0.15) is 44.0 Å². The molecule has 0 saturated heterocycles. The van der Waals surface area contributed by atoms with Crippen molar-refractivity contribution in [1.82, 2.24) is 15.2 Å². The summed E-state index contributed by atoms with van der Waals surface area (Å²) in [6.07, 6.45) is 7.19. The summed E-state index contributed by atoms with van der Waals surface area (Å²) in [7, 11) is 2.01. The SMILES string of the molecule is CCc1nn(C)c(CC(CC2CCC2)NN)c1Br. The van der Waals surface area contributed by atoms with E-state index in [9.17, 15) is 0 Å². The van der Waals surface area contributed by atoms with Crippen molar-refractivity contribution in [3.63, 3.8) is 0 Å². The van der Waals surface area contributed by atoms with Crippen LogP contribution in [0.25, 0.3) is 0 Å². The van der Waals surface area contributed by atoms with Gasteiger partial charge >= 0.3 is 0 Å². The molecule has 1 atom stereocenters. The van der Waals surface area contributed by atoms with E-state index < -0.39 is 0 Å². The van der Waals surface area contributed by atoms with E-state index in [1.165, 1.54) is 31.4 Å². The van der Waals surface area contributed by atoms with Crippen molar-refractivity contribution >= 4 is 15.9 Å². The second-order valence-corrected chi connectivity index (χ2v) is 6.08. The molecular weight excluding hydrogens is 292 g/mol. The summed E-state index contributed by atoms with van der Waals surface area (Å²) in [5, 5.41) is 4.53. The molecule has 1 aromatic heterocycles. The zero-order chi connectivity index (χ0) is 13.1. The van der Waals surface area contributed by atoms with Gasteiger partial charge < -0.3 is 0 Å². The largest absolute Gasteiger partial charge is 0.271 e. The number of aromatic nitrogens is 2. The smallest absolute Gasteiger partial charge is 0.0766 e. The van der Waals surface area contributed by atoms with E-state index in [1.54, 1.807) is 0 Å². The van der Waals surface area contributed by atoms with E-state index in [1.807, 2.05) is 11.7 Å². The third-order valence-corrected chi connectivity index (χ3v) is 4.94. The van der Waals surface area contributed by atoms with Crippen molar-refractivity contribution in [2.75, 3.05) is 0 Å². The van der Waals surface area contributed by atoms with Gasteiger partial charge in [-0.1, -0.05) is 26.2 Å². The summed E-state index contributed by atoms with van der Waals surface area (Å²) >= 11 is 3.67. The Bertz CT molecular complexity index is 398. The van der Waals surface area contributed by atoms with Gasteiger partial charge in [-0.15, -0.1) is 0 Å². The molecule has 1 fully saturated rings. The molecule has 1 aromatic rings. The molecule has 1 aliphatic rings. The quantitative estimate of drug-likeness (QED) is 0.626. The minimum atomic E-state index is 0.353. The third-order valence-electron chi connectivity index (χ3n) is 4.02. The van der Waals surface area contributed by atoms with Gasteiger partial charge in [0.25, 0.3) is 0 Å². The number of nitrogens with zero attached hydrogens (tertiary/aromatic N) is 2. The van der Waals surface area contributed by atoms with Gasteiger partial charge in [0.2, 0.25) is 0 Å². The summed E-state index contributed by atoms with van der Waals surface area (Å²) in [6, 6.07) is 0.353. The number of aryl methyl sites for hydroxylation is 2. The van der Waals surface area contributed by atoms with E-state index >= 15 is 0 Å². The van der Waals surface area contributed by atoms with Crippen LogP contribution in [0.3, 0.4) is 0 Å². The molecule has 0 spiro atoms. The Morgan fingerprint density at radius 3 is 2.72 bits per heavy atom. The van der Waals surface area contributed by atoms with Gasteiger partial charge in [0.15, 0.2) is 0 Å². The Kier molecular flexibility index (Phi) is 4.81. The molecule has 4 nitrogen and oxygen atoms in total. The van der Waals surface area contributed by atoms with Crippen LogP contribution < -0.4 is 11.3 Å². The highest BCUT2D eigenvalue weighted by atomic mass is 79.9. The van der Waals surface area contributed by atoms with Crippen LogP contribution in [0.15, 0.2) is 4.47 Å². The van der Waals surface area contributed by atoms with Crippen LogP contribution in [0.4, 0.5) is 0 Å². The summed E-state index contributed by atoms with van der Waals surface area (Å²) in [5.74, 6) is 6.56. The van der Waals surface area contributed by atoms with E-state index in [4.69, 9.17) is 5.84 Å². The van der Waals surface area contributed by atoms with Crippen molar-refractivity contribution in [1.29, 1.82) is 0 Å². The van der Waals surface area contributed by atoms with Crippen LogP contribution in [0.2, 0.25) is 0 Å². The maximum absolute atomic E-state index is 5.69. The lowest BCUT2D eigenvalue weighted by Crippen LogP contribution is -2.39. The normalized spacial score (nSPS) is 17.8. The highest BCUT2D eigenvalue weighted by Gasteiger charge is 2.23. The average Bonchev–Trinajstić information content (AvgIpc) is 2.58. The second kappa shape index (κ2) is 6.17. The van der Waals surface area contributed by atoms with E-state index in [0.29, 0.717) is 6.04 Å². The van der Waals surface area contributed by atoms with E-state index in [-0.39, 0.29) is 0 Å². The fourth-order valence-corrected chi connectivity index (χ4v) is 3.39. The molecule has 102 valence electrons. The highest BCUT2D eigenvalue weighted by Crippen LogP contribution is 2.31. The molecule has 1 unspecified atom stereocenters. The highest BCUT2D eigenvalue weighted by molar-refractivity contribution is 9.10. The maximum Gasteiger partial charge on any atom is 0.0766 e. The summed E-state index contributed by atoms with van der Waals surface area (Å²) in [5.41, 5.74) is 5.35. The molecule has 3 N–H and O–H groups in total. The Balaban J connectivity index is 2.03. The maximum atomic E-state index is 5.69. The first-order valence-corrected chi connectivity index (χ1v) is 7.61. The number of nitrogens with two attached hydrogens (primary N) is 1. The zero-order valence-corrected chi connectivity index (χ0v) is 12.8. The lowest BCUT2D eigenvalue weighted by Gasteiger charge is -2.29. The number of hydrogen-bond donors (Lipinski definition) is 2. The van der Waals surface area contributed by atoms with Crippen LogP contribution in [0.5, 0.6) is 0 Å². The minimum absolute atomic E-state index is 0.353. The summed E-state index contributed by atoms with van der Waals surface area (Å²) in [6.45, 7) is 2.13. The molecule has 0 bridgehead atoms. The number of hydrogen-bond acceptors (Lipinski definition) is 3. The first kappa shape index (κ1) is 14.0. The van der Waals surface area contributed by atoms with Gasteiger partial charge in [-0.2, -0.15) is 5.10 Å². The molecule has 2 rings (SSSR count). The van der Waals surface area contributed by atoms with Gasteiger partial charge in [0, 0.05) is 19.5 Å². The second-order valence-electron chi connectivity index (χ2n) is 5.28. The van der Waals surface area contributed by atoms with Gasteiger partial charge in [0.1, 0.15) is 0 Å². The van der Waals surface area contributed by atoms with Crippen LogP contribution in [0, 0.1) is 5.92 Å². The molecule has 1 heterocycles. The van der Waals surface area contributed by atoms with Gasteiger partial charge in [-0.3, -0.25) is 16.0 Å². The Morgan fingerprint density at radius 1 is 1.56 bits per heavy atom. The van der Waals surface area contributed by atoms with Gasteiger partial charge in [-0.25, -0.2) is 0 Å². The van der Waals surface area contributed by atoms with Crippen molar-refractivity contribution in [2.45, 2.75) is 51.5 Å². The van der Waals surface area contributed by atoms with Crippen molar-refractivity contribution in [2.24, 2.45) is 18.8 Å². The molecule has 0 aliphatic heterocycles. The monoisotopic (exact) mass is 314 g/mol. The average molecular weight is 315 g/mol. The molecule has 0 aromatic carbocycles. The molecule has 5 heteroatoms. The topological polar surface area (TPSA) is 55.9 Å². The molecule has 0 amide bonds. The number of rotatable bonds is 6. The Labute approximate surface area is 117 Å². The van der Waals surface area contributed by atoms with Crippen LogP contribution >= 0.6 is 15.9 Å². The van der Waals surface area contributed by atoms with Crippen molar-refractivity contribution in [3.8, 4) is 0 Å². The summed E-state index contributed by atoms with van der Waals surface area (Å²) < 4.78 is 3.13.